The topological polar surface area (TPSA) is 125 Å². The number of ketones is 1. The molecule has 0 aliphatic rings. The van der Waals surface area contributed by atoms with Gasteiger partial charge in [-0.1, -0.05) is 29.4 Å². The molecule has 3 N–H and O–H groups in total. The lowest BCUT2D eigenvalue weighted by molar-refractivity contribution is 0.0976. The third-order valence-electron chi connectivity index (χ3n) is 2.10. The number of nitrogens with one attached hydrogen (secondary N) is 1. The van der Waals surface area contributed by atoms with Crippen LogP contribution in [-0.2, 0) is 4.74 Å². The minimum absolute atomic E-state index is 0.297. The third-order valence-corrected chi connectivity index (χ3v) is 2.10. The van der Waals surface area contributed by atoms with Crippen LogP contribution in [0.15, 0.2) is 29.4 Å². The quantitative estimate of drug-likeness (QED) is 0.205. The highest BCUT2D eigenvalue weighted by Crippen LogP contribution is 2.14. The molecule has 88 valence electrons. The second kappa shape index (κ2) is 5.64. The van der Waals surface area contributed by atoms with Gasteiger partial charge in [0.2, 0.25) is 5.90 Å². The Kier molecular flexibility index (Phi) is 4.21. The van der Waals surface area contributed by atoms with E-state index in [2.05, 4.69) is 14.8 Å². The smallest absolute Gasteiger partial charge is 0.205 e. The van der Waals surface area contributed by atoms with Gasteiger partial charge in [0.1, 0.15) is 6.04 Å². The average molecular weight is 233 g/mol. The monoisotopic (exact) mass is 233 g/mol. The van der Waals surface area contributed by atoms with Crippen molar-refractivity contribution in [2.75, 3.05) is 7.11 Å². The van der Waals surface area contributed by atoms with Gasteiger partial charge in [-0.3, -0.25) is 10.2 Å². The summed E-state index contributed by atoms with van der Waals surface area (Å²) in [5.74, 6) is -0.724. The van der Waals surface area contributed by atoms with Crippen molar-refractivity contribution in [1.29, 1.82) is 5.41 Å². The summed E-state index contributed by atoms with van der Waals surface area (Å²) in [6.07, 6.45) is 0. The lowest BCUT2D eigenvalue weighted by Gasteiger charge is -2.10. The van der Waals surface area contributed by atoms with Crippen LogP contribution < -0.4 is 5.73 Å². The van der Waals surface area contributed by atoms with E-state index >= 15 is 0 Å². The molecule has 1 rings (SSSR count). The van der Waals surface area contributed by atoms with E-state index in [-0.39, 0.29) is 5.90 Å². The molecule has 0 bridgehead atoms. The van der Waals surface area contributed by atoms with Crippen LogP contribution >= 0.6 is 0 Å². The summed E-state index contributed by atoms with van der Waals surface area (Å²) in [6, 6.07) is 4.83. The van der Waals surface area contributed by atoms with E-state index in [1.54, 1.807) is 0 Å². The van der Waals surface area contributed by atoms with Gasteiger partial charge in [-0.15, -0.1) is 0 Å². The van der Waals surface area contributed by atoms with Gasteiger partial charge in [0.25, 0.3) is 0 Å². The average Bonchev–Trinajstić information content (AvgIpc) is 2.37. The Morgan fingerprint density at radius 3 is 2.59 bits per heavy atom. The fraction of sp³-hybridized carbons (Fsp3) is 0.200. The number of hydrogen-bond donors (Lipinski definition) is 2. The summed E-state index contributed by atoms with van der Waals surface area (Å²) in [6.45, 7) is 0. The van der Waals surface area contributed by atoms with E-state index < -0.39 is 11.8 Å². The number of rotatable bonds is 4. The largest absolute Gasteiger partial charge is 0.483 e. The van der Waals surface area contributed by atoms with Crippen molar-refractivity contribution in [2.45, 2.75) is 6.04 Å². The summed E-state index contributed by atoms with van der Waals surface area (Å²) < 4.78 is 4.59. The van der Waals surface area contributed by atoms with Gasteiger partial charge in [0.15, 0.2) is 5.78 Å². The fourth-order valence-corrected chi connectivity index (χ4v) is 1.17. The number of benzene rings is 1. The number of carbonyl (C=O) groups excluding carboxylic acids is 1. The Morgan fingerprint density at radius 2 is 2.12 bits per heavy atom. The van der Waals surface area contributed by atoms with Crippen molar-refractivity contribution in [3.8, 4) is 0 Å². The molecule has 7 nitrogen and oxygen atoms in total. The van der Waals surface area contributed by atoms with Crippen molar-refractivity contribution in [3.05, 3.63) is 40.3 Å². The number of carbonyl (C=O) groups is 1. The number of ether oxygens (including phenoxy) is 1. The van der Waals surface area contributed by atoms with Crippen LogP contribution in [0.2, 0.25) is 0 Å². The summed E-state index contributed by atoms with van der Waals surface area (Å²) in [5, 5.41) is 10.7. The summed E-state index contributed by atoms with van der Waals surface area (Å²) in [7, 11) is 1.28. The predicted octanol–water partition coefficient (Wildman–Crippen LogP) is 1.76. The van der Waals surface area contributed by atoms with Crippen LogP contribution in [0.3, 0.4) is 0 Å². The van der Waals surface area contributed by atoms with Crippen LogP contribution in [0.1, 0.15) is 10.4 Å². The third kappa shape index (κ3) is 3.04. The number of methoxy groups -OCH3 is 1. The molecule has 1 aromatic rings. The Labute approximate surface area is 97.3 Å². The molecule has 1 atom stereocenters. The Balaban J connectivity index is 2.90. The molecule has 0 heterocycles. The van der Waals surface area contributed by atoms with Crippen molar-refractivity contribution >= 4 is 17.4 Å². The highest BCUT2D eigenvalue weighted by Gasteiger charge is 2.20. The Bertz CT molecular complexity index is 476. The molecule has 0 fully saturated rings. The van der Waals surface area contributed by atoms with Gasteiger partial charge >= 0.3 is 0 Å². The zero-order valence-corrected chi connectivity index (χ0v) is 9.12. The van der Waals surface area contributed by atoms with Crippen molar-refractivity contribution < 1.29 is 9.53 Å². The van der Waals surface area contributed by atoms with Crippen LogP contribution in [0, 0.1) is 5.41 Å². The van der Waals surface area contributed by atoms with Gasteiger partial charge in [-0.05, 0) is 5.53 Å². The molecule has 17 heavy (non-hydrogen) atoms. The first kappa shape index (κ1) is 12.7. The van der Waals surface area contributed by atoms with E-state index in [0.29, 0.717) is 11.3 Å². The van der Waals surface area contributed by atoms with E-state index in [9.17, 15) is 4.79 Å². The summed E-state index contributed by atoms with van der Waals surface area (Å²) in [5.41, 5.74) is 14.5. The van der Waals surface area contributed by atoms with Crippen LogP contribution in [0.25, 0.3) is 10.4 Å². The number of nitrogens with two attached hydrogens (primary N) is 1. The van der Waals surface area contributed by atoms with Crippen LogP contribution in [0.4, 0.5) is 5.69 Å². The van der Waals surface area contributed by atoms with Crippen molar-refractivity contribution in [3.63, 3.8) is 0 Å². The summed E-state index contributed by atoms with van der Waals surface area (Å²) >= 11 is 0. The van der Waals surface area contributed by atoms with Crippen LogP contribution in [0.5, 0.6) is 0 Å². The second-order valence-corrected chi connectivity index (χ2v) is 3.15. The first-order chi connectivity index (χ1) is 8.10. The zero-order chi connectivity index (χ0) is 12.8. The predicted molar refractivity (Wildman–Crippen MR) is 62.3 cm³/mol. The normalized spacial score (nSPS) is 11.2. The highest BCUT2D eigenvalue weighted by atomic mass is 16.5. The number of hydrogen-bond acceptors (Lipinski definition) is 5. The molecule has 1 unspecified atom stereocenters. The van der Waals surface area contributed by atoms with Crippen LogP contribution in [-0.4, -0.2) is 24.8 Å². The molecule has 0 spiro atoms. The lowest BCUT2D eigenvalue weighted by atomic mass is 10.0. The zero-order valence-electron chi connectivity index (χ0n) is 9.12. The number of nitrogens with zero attached hydrogens (tertiary/aromatic N) is 3. The SMILES string of the molecule is COC(=N)C(N)C(=O)c1ccc(N=[N+]=[N-])cc1. The van der Waals surface area contributed by atoms with Gasteiger partial charge in [0, 0.05) is 16.2 Å². The molecule has 0 amide bonds. The van der Waals surface area contributed by atoms with Gasteiger partial charge in [-0.25, -0.2) is 0 Å². The second-order valence-electron chi connectivity index (χ2n) is 3.15. The van der Waals surface area contributed by atoms with E-state index in [4.69, 9.17) is 16.7 Å². The van der Waals surface area contributed by atoms with E-state index in [1.165, 1.54) is 31.4 Å². The molecule has 0 aromatic heterocycles. The number of Topliss-reactive ketones (excluding diaryl/α,β-unsaturated/α-hetero) is 1. The molecule has 0 saturated carbocycles. The molecule has 7 heteroatoms. The molecule has 0 saturated heterocycles. The first-order valence-electron chi connectivity index (χ1n) is 4.67. The maximum Gasteiger partial charge on any atom is 0.205 e. The van der Waals surface area contributed by atoms with E-state index in [0.717, 1.165) is 0 Å². The van der Waals surface area contributed by atoms with Crippen molar-refractivity contribution in [2.24, 2.45) is 10.8 Å². The maximum absolute atomic E-state index is 11.8. The van der Waals surface area contributed by atoms with Crippen molar-refractivity contribution in [1.82, 2.24) is 0 Å². The molecular formula is C10H11N5O2. The Hall–Kier alpha value is -2.37. The number of azide groups is 1. The maximum atomic E-state index is 11.8. The summed E-state index contributed by atoms with van der Waals surface area (Å²) in [4.78, 5) is 14.4. The molecule has 0 radical (unpaired) electrons. The molecule has 0 aliphatic carbocycles. The molecule has 0 aliphatic heterocycles. The Morgan fingerprint density at radius 1 is 1.53 bits per heavy atom. The lowest BCUT2D eigenvalue weighted by Crippen LogP contribution is -2.39. The van der Waals surface area contributed by atoms with Gasteiger partial charge < -0.3 is 10.5 Å². The standard InChI is InChI=1S/C10H11N5O2/c1-17-10(12)8(11)9(16)6-2-4-7(5-3-6)14-15-13/h2-5,8,12H,11H2,1H3. The van der Waals surface area contributed by atoms with Gasteiger partial charge in [-0.2, -0.15) is 0 Å². The minimum atomic E-state index is -1.12. The molecular weight excluding hydrogens is 222 g/mol. The first-order valence-corrected chi connectivity index (χ1v) is 4.67. The highest BCUT2D eigenvalue weighted by molar-refractivity contribution is 6.12. The fourth-order valence-electron chi connectivity index (χ4n) is 1.17. The molecule has 1 aromatic carbocycles. The van der Waals surface area contributed by atoms with E-state index in [1.807, 2.05) is 0 Å². The van der Waals surface area contributed by atoms with Gasteiger partial charge in [0.05, 0.1) is 7.11 Å². The minimum Gasteiger partial charge on any atom is -0.483 e.